The van der Waals surface area contributed by atoms with Crippen LogP contribution in [0, 0.1) is 0 Å². The molecule has 0 unspecified atom stereocenters. The molecular weight excluding hydrogens is 306 g/mol. The molecule has 0 atom stereocenters. The number of rotatable bonds is 3. The Bertz CT molecular complexity index is 842. The first-order valence-corrected chi connectivity index (χ1v) is 7.33. The summed E-state index contributed by atoms with van der Waals surface area (Å²) >= 11 is 0. The Balaban J connectivity index is 2.02. The van der Waals surface area contributed by atoms with Gasteiger partial charge in [-0.25, -0.2) is 5.48 Å². The molecule has 0 fully saturated rings. The summed E-state index contributed by atoms with van der Waals surface area (Å²) in [7, 11) is 0. The number of nitrogens with zero attached hydrogens (tertiary/aromatic N) is 1. The first-order chi connectivity index (χ1) is 11.7. The average molecular weight is 321 g/mol. The molecule has 0 spiro atoms. The lowest BCUT2D eigenvalue weighted by atomic mass is 9.99. The molecule has 1 aliphatic heterocycles. The van der Waals surface area contributed by atoms with E-state index in [1.54, 1.807) is 12.1 Å². The van der Waals surface area contributed by atoms with E-state index in [1.165, 1.54) is 11.6 Å². The van der Waals surface area contributed by atoms with Gasteiger partial charge in [-0.1, -0.05) is 42.5 Å². The number of fused-ring (bicyclic) bond motifs is 1. The Morgan fingerprint density at radius 1 is 1.21 bits per heavy atom. The maximum absolute atomic E-state index is 11.9. The lowest BCUT2D eigenvalue weighted by Crippen LogP contribution is -2.15. The first kappa shape index (κ1) is 15.6. The number of carbonyl (C=O) groups excluding carboxylic acids is 2. The minimum Gasteiger partial charge on any atom is -0.324 e. The minimum absolute atomic E-state index is 0.0526. The van der Waals surface area contributed by atoms with Crippen LogP contribution in [-0.4, -0.2) is 29.3 Å². The van der Waals surface area contributed by atoms with Crippen molar-refractivity contribution >= 4 is 29.3 Å². The highest BCUT2D eigenvalue weighted by atomic mass is 16.5. The van der Waals surface area contributed by atoms with E-state index in [9.17, 15) is 9.59 Å². The molecule has 0 saturated carbocycles. The van der Waals surface area contributed by atoms with Gasteiger partial charge >= 0.3 is 0 Å². The monoisotopic (exact) mass is 321 g/mol. The average Bonchev–Trinajstić information content (AvgIpc) is 2.78. The van der Waals surface area contributed by atoms with Gasteiger partial charge in [0, 0.05) is 17.2 Å². The molecule has 0 aliphatic carbocycles. The number of hydrogen-bond acceptors (Lipinski definition) is 4. The van der Waals surface area contributed by atoms with E-state index in [-0.39, 0.29) is 12.5 Å². The van der Waals surface area contributed by atoms with Crippen LogP contribution in [0.2, 0.25) is 0 Å². The van der Waals surface area contributed by atoms with Crippen LogP contribution in [0.3, 0.4) is 0 Å². The van der Waals surface area contributed by atoms with E-state index in [0.717, 1.165) is 16.8 Å². The third-order valence-electron chi connectivity index (χ3n) is 3.54. The molecule has 24 heavy (non-hydrogen) atoms. The van der Waals surface area contributed by atoms with Gasteiger partial charge in [0.2, 0.25) is 5.91 Å². The third kappa shape index (κ3) is 3.39. The summed E-state index contributed by atoms with van der Waals surface area (Å²) in [5.41, 5.74) is 5.36. The molecule has 1 aliphatic rings. The van der Waals surface area contributed by atoms with Crippen LogP contribution in [0.15, 0.2) is 59.6 Å². The largest absolute Gasteiger partial charge is 0.324 e. The quantitative estimate of drug-likeness (QED) is 0.459. The molecular formula is C18H15N3O3. The van der Waals surface area contributed by atoms with Crippen molar-refractivity contribution in [1.29, 1.82) is 0 Å². The zero-order valence-electron chi connectivity index (χ0n) is 12.7. The van der Waals surface area contributed by atoms with Gasteiger partial charge in [0.1, 0.15) is 6.54 Å². The predicted molar refractivity (Wildman–Crippen MR) is 91.0 cm³/mol. The summed E-state index contributed by atoms with van der Waals surface area (Å²) in [6, 6.07) is 15.1. The number of nitrogens with one attached hydrogen (secondary N) is 2. The molecule has 3 rings (SSSR count). The molecule has 0 radical (unpaired) electrons. The molecule has 0 aromatic heterocycles. The summed E-state index contributed by atoms with van der Waals surface area (Å²) in [6.07, 6.45) is 2.74. The van der Waals surface area contributed by atoms with E-state index in [4.69, 9.17) is 5.21 Å². The first-order valence-electron chi connectivity index (χ1n) is 7.33. The molecule has 6 nitrogen and oxygen atoms in total. The number of amides is 2. The summed E-state index contributed by atoms with van der Waals surface area (Å²) in [6.45, 7) is 0.0526. The number of benzodiazepines with no additional fused rings is 1. The normalized spacial score (nSPS) is 13.7. The zero-order chi connectivity index (χ0) is 16.9. The fourth-order valence-corrected chi connectivity index (χ4v) is 2.45. The van der Waals surface area contributed by atoms with Crippen molar-refractivity contribution in [3.63, 3.8) is 0 Å². The summed E-state index contributed by atoms with van der Waals surface area (Å²) in [5, 5.41) is 11.3. The summed E-state index contributed by atoms with van der Waals surface area (Å²) in [5.74, 6) is -0.822. The van der Waals surface area contributed by atoms with E-state index in [2.05, 4.69) is 10.3 Å². The van der Waals surface area contributed by atoms with Crippen molar-refractivity contribution < 1.29 is 14.8 Å². The Hall–Kier alpha value is -3.25. The fraction of sp³-hybridized carbons (Fsp3) is 0.0556. The maximum atomic E-state index is 11.9. The van der Waals surface area contributed by atoms with Gasteiger partial charge in [0.15, 0.2) is 0 Å². The van der Waals surface area contributed by atoms with E-state index < -0.39 is 5.91 Å². The van der Waals surface area contributed by atoms with Gasteiger partial charge in [0.25, 0.3) is 5.91 Å². The Kier molecular flexibility index (Phi) is 4.49. The third-order valence-corrected chi connectivity index (χ3v) is 3.54. The Labute approximate surface area is 138 Å². The van der Waals surface area contributed by atoms with Crippen molar-refractivity contribution in [3.05, 3.63) is 71.3 Å². The molecule has 0 bridgehead atoms. The summed E-state index contributed by atoms with van der Waals surface area (Å²) in [4.78, 5) is 27.4. The highest BCUT2D eigenvalue weighted by Gasteiger charge is 2.17. The standard InChI is InChI=1S/C18H15N3O3/c22-16(21-24)9-7-12-6-8-14-15(10-12)20-17(23)11-19-18(14)13-4-2-1-3-5-13/h1-10,24H,11H2,(H,20,23)(H,21,22). The van der Waals surface area contributed by atoms with E-state index >= 15 is 0 Å². The van der Waals surface area contributed by atoms with Gasteiger partial charge < -0.3 is 5.32 Å². The second-order valence-electron chi connectivity index (χ2n) is 5.19. The topological polar surface area (TPSA) is 90.8 Å². The second-order valence-corrected chi connectivity index (χ2v) is 5.19. The molecule has 6 heteroatoms. The van der Waals surface area contributed by atoms with Crippen molar-refractivity contribution in [3.8, 4) is 0 Å². The lowest BCUT2D eigenvalue weighted by molar-refractivity contribution is -0.124. The number of benzene rings is 2. The Morgan fingerprint density at radius 3 is 2.75 bits per heavy atom. The SMILES string of the molecule is O=C(C=Cc1ccc2c(c1)NC(=O)CN=C2c1ccccc1)NO. The molecule has 0 saturated heterocycles. The van der Waals surface area contributed by atoms with Crippen molar-refractivity contribution in [1.82, 2.24) is 5.48 Å². The highest BCUT2D eigenvalue weighted by molar-refractivity contribution is 6.19. The van der Waals surface area contributed by atoms with Crippen LogP contribution < -0.4 is 10.8 Å². The Morgan fingerprint density at radius 2 is 2.00 bits per heavy atom. The number of hydrogen-bond donors (Lipinski definition) is 3. The molecule has 3 N–H and O–H groups in total. The zero-order valence-corrected chi connectivity index (χ0v) is 12.7. The maximum Gasteiger partial charge on any atom is 0.267 e. The molecule has 1 heterocycles. The molecule has 2 amide bonds. The predicted octanol–water partition coefficient (Wildman–Crippen LogP) is 1.99. The van der Waals surface area contributed by atoms with Gasteiger partial charge in [-0.3, -0.25) is 19.8 Å². The van der Waals surface area contributed by atoms with Crippen LogP contribution >= 0.6 is 0 Å². The van der Waals surface area contributed by atoms with Gasteiger partial charge in [-0.05, 0) is 17.7 Å². The highest BCUT2D eigenvalue weighted by Crippen LogP contribution is 2.24. The molecule has 2 aromatic carbocycles. The number of aliphatic imine (C=N–C) groups is 1. The van der Waals surface area contributed by atoms with Gasteiger partial charge in [-0.15, -0.1) is 0 Å². The molecule has 2 aromatic rings. The van der Waals surface area contributed by atoms with Crippen LogP contribution in [0.4, 0.5) is 5.69 Å². The van der Waals surface area contributed by atoms with Crippen LogP contribution in [0.5, 0.6) is 0 Å². The molecule has 120 valence electrons. The number of hydroxylamine groups is 1. The van der Waals surface area contributed by atoms with Crippen LogP contribution in [0.1, 0.15) is 16.7 Å². The summed E-state index contributed by atoms with van der Waals surface area (Å²) < 4.78 is 0. The van der Waals surface area contributed by atoms with Crippen LogP contribution in [-0.2, 0) is 9.59 Å². The van der Waals surface area contributed by atoms with Crippen molar-refractivity contribution in [2.45, 2.75) is 0 Å². The van der Waals surface area contributed by atoms with Crippen molar-refractivity contribution in [2.75, 3.05) is 11.9 Å². The van der Waals surface area contributed by atoms with Gasteiger partial charge in [-0.2, -0.15) is 0 Å². The lowest BCUT2D eigenvalue weighted by Gasteiger charge is -2.11. The van der Waals surface area contributed by atoms with E-state index in [0.29, 0.717) is 11.3 Å². The van der Waals surface area contributed by atoms with Crippen LogP contribution in [0.25, 0.3) is 6.08 Å². The number of carbonyl (C=O) groups is 2. The van der Waals surface area contributed by atoms with E-state index in [1.807, 2.05) is 42.5 Å². The minimum atomic E-state index is -0.625. The van der Waals surface area contributed by atoms with Gasteiger partial charge in [0.05, 0.1) is 11.4 Å². The number of anilines is 1. The fourth-order valence-electron chi connectivity index (χ4n) is 2.45. The smallest absolute Gasteiger partial charge is 0.267 e. The second kappa shape index (κ2) is 6.89. The van der Waals surface area contributed by atoms with Crippen molar-refractivity contribution in [2.24, 2.45) is 4.99 Å².